The first-order chi connectivity index (χ1) is 6.09. The molecule has 0 unspecified atom stereocenters. The molecule has 1 rings (SSSR count). The molecule has 0 fully saturated rings. The van der Waals surface area contributed by atoms with Crippen LogP contribution in [0.5, 0.6) is 0 Å². The maximum Gasteiger partial charge on any atom is 0.187 e. The molecule has 68 valence electrons. The van der Waals surface area contributed by atoms with E-state index in [1.807, 2.05) is 0 Å². The van der Waals surface area contributed by atoms with Crippen LogP contribution in [-0.2, 0) is 0 Å². The fraction of sp³-hybridized carbons (Fsp3) is 0.100. The highest BCUT2D eigenvalue weighted by molar-refractivity contribution is 6.30. The molecule has 0 saturated carbocycles. The van der Waals surface area contributed by atoms with Crippen molar-refractivity contribution >= 4 is 17.4 Å². The van der Waals surface area contributed by atoms with E-state index in [1.54, 1.807) is 31.2 Å². The highest BCUT2D eigenvalue weighted by Gasteiger charge is 2.01. The van der Waals surface area contributed by atoms with Crippen LogP contribution in [0.2, 0.25) is 5.02 Å². The van der Waals surface area contributed by atoms with E-state index in [1.165, 1.54) is 6.08 Å². The van der Waals surface area contributed by atoms with Gasteiger partial charge < -0.3 is 5.73 Å². The lowest BCUT2D eigenvalue weighted by Gasteiger charge is -1.96. The van der Waals surface area contributed by atoms with Gasteiger partial charge >= 0.3 is 0 Å². The molecule has 0 amide bonds. The van der Waals surface area contributed by atoms with Crippen molar-refractivity contribution < 1.29 is 4.79 Å². The Kier molecular flexibility index (Phi) is 3.09. The van der Waals surface area contributed by atoms with Gasteiger partial charge in [0.15, 0.2) is 5.78 Å². The van der Waals surface area contributed by atoms with Crippen molar-refractivity contribution in [2.24, 2.45) is 5.73 Å². The lowest BCUT2D eigenvalue weighted by atomic mass is 10.1. The van der Waals surface area contributed by atoms with Gasteiger partial charge in [0.25, 0.3) is 0 Å². The lowest BCUT2D eigenvalue weighted by Crippen LogP contribution is -1.99. The molecule has 1 aromatic carbocycles. The molecule has 1 aromatic rings. The van der Waals surface area contributed by atoms with Crippen molar-refractivity contribution in [2.75, 3.05) is 0 Å². The summed E-state index contributed by atoms with van der Waals surface area (Å²) in [5.41, 5.74) is 6.47. The molecule has 2 N–H and O–H groups in total. The summed E-state index contributed by atoms with van der Waals surface area (Å²) >= 11 is 5.67. The van der Waals surface area contributed by atoms with Crippen LogP contribution in [0.3, 0.4) is 0 Å². The molecule has 0 heterocycles. The van der Waals surface area contributed by atoms with Gasteiger partial charge in [0, 0.05) is 22.4 Å². The molecule has 0 spiro atoms. The maximum atomic E-state index is 11.4. The standard InChI is InChI=1S/C10H10ClNO/c1-7(12)6-10(13)8-2-4-9(11)5-3-8/h2-6H,12H2,1H3. The molecule has 2 nitrogen and oxygen atoms in total. The molecule has 0 bridgehead atoms. The third-order valence-corrected chi connectivity index (χ3v) is 1.74. The quantitative estimate of drug-likeness (QED) is 0.582. The summed E-state index contributed by atoms with van der Waals surface area (Å²) in [5.74, 6) is -0.100. The predicted molar refractivity (Wildman–Crippen MR) is 53.7 cm³/mol. The number of rotatable bonds is 2. The molecular formula is C10H10ClNO. The zero-order valence-electron chi connectivity index (χ0n) is 7.25. The smallest absolute Gasteiger partial charge is 0.187 e. The van der Waals surface area contributed by atoms with Gasteiger partial charge in [-0.05, 0) is 31.2 Å². The highest BCUT2D eigenvalue weighted by Crippen LogP contribution is 2.10. The summed E-state index contributed by atoms with van der Waals surface area (Å²) < 4.78 is 0. The van der Waals surface area contributed by atoms with Gasteiger partial charge in [0.1, 0.15) is 0 Å². The SMILES string of the molecule is CC(N)=CC(=O)c1ccc(Cl)cc1. The van der Waals surface area contributed by atoms with Crippen LogP contribution in [0, 0.1) is 0 Å². The Hall–Kier alpha value is -1.28. The Morgan fingerprint density at radius 1 is 1.38 bits per heavy atom. The van der Waals surface area contributed by atoms with Crippen LogP contribution < -0.4 is 5.73 Å². The Morgan fingerprint density at radius 3 is 2.38 bits per heavy atom. The first-order valence-corrected chi connectivity index (χ1v) is 4.21. The minimum Gasteiger partial charge on any atom is -0.402 e. The maximum absolute atomic E-state index is 11.4. The van der Waals surface area contributed by atoms with E-state index in [4.69, 9.17) is 17.3 Å². The van der Waals surface area contributed by atoms with Crippen molar-refractivity contribution in [2.45, 2.75) is 6.92 Å². The van der Waals surface area contributed by atoms with Gasteiger partial charge in [-0.15, -0.1) is 0 Å². The predicted octanol–water partition coefficient (Wildman–Crippen LogP) is 2.39. The number of benzene rings is 1. The molecular weight excluding hydrogens is 186 g/mol. The number of hydrogen-bond acceptors (Lipinski definition) is 2. The van der Waals surface area contributed by atoms with Crippen LogP contribution in [-0.4, -0.2) is 5.78 Å². The minimum atomic E-state index is -0.100. The van der Waals surface area contributed by atoms with Crippen LogP contribution in [0.25, 0.3) is 0 Å². The number of hydrogen-bond donors (Lipinski definition) is 1. The second-order valence-corrected chi connectivity index (χ2v) is 3.20. The Morgan fingerprint density at radius 2 is 1.92 bits per heavy atom. The van der Waals surface area contributed by atoms with Crippen molar-refractivity contribution in [1.29, 1.82) is 0 Å². The van der Waals surface area contributed by atoms with E-state index >= 15 is 0 Å². The van der Waals surface area contributed by atoms with Crippen molar-refractivity contribution in [3.8, 4) is 0 Å². The minimum absolute atomic E-state index is 0.100. The fourth-order valence-electron chi connectivity index (χ4n) is 0.904. The molecule has 0 radical (unpaired) electrons. The molecule has 0 aliphatic carbocycles. The lowest BCUT2D eigenvalue weighted by molar-refractivity contribution is 0.104. The third kappa shape index (κ3) is 2.92. The summed E-state index contributed by atoms with van der Waals surface area (Å²) in [6, 6.07) is 6.69. The van der Waals surface area contributed by atoms with Gasteiger partial charge in [-0.25, -0.2) is 0 Å². The average molecular weight is 196 g/mol. The average Bonchev–Trinajstić information content (AvgIpc) is 2.04. The van der Waals surface area contributed by atoms with E-state index in [2.05, 4.69) is 0 Å². The zero-order chi connectivity index (χ0) is 9.84. The number of nitrogens with two attached hydrogens (primary N) is 1. The molecule has 0 aliphatic rings. The van der Waals surface area contributed by atoms with Gasteiger partial charge in [0.05, 0.1) is 0 Å². The molecule has 0 aliphatic heterocycles. The van der Waals surface area contributed by atoms with E-state index in [9.17, 15) is 4.79 Å². The van der Waals surface area contributed by atoms with Crippen LogP contribution in [0.4, 0.5) is 0 Å². The largest absolute Gasteiger partial charge is 0.402 e. The topological polar surface area (TPSA) is 43.1 Å². The normalized spacial score (nSPS) is 11.4. The Bertz CT molecular complexity index is 336. The first kappa shape index (κ1) is 9.81. The van der Waals surface area contributed by atoms with Crippen LogP contribution in [0.15, 0.2) is 36.0 Å². The molecule has 0 saturated heterocycles. The summed E-state index contributed by atoms with van der Waals surface area (Å²) in [7, 11) is 0. The van der Waals surface area contributed by atoms with Crippen molar-refractivity contribution in [1.82, 2.24) is 0 Å². The fourth-order valence-corrected chi connectivity index (χ4v) is 1.03. The summed E-state index contributed by atoms with van der Waals surface area (Å²) in [4.78, 5) is 11.4. The number of ketones is 1. The summed E-state index contributed by atoms with van der Waals surface area (Å²) in [6.07, 6.45) is 1.39. The van der Waals surface area contributed by atoms with Gasteiger partial charge in [-0.3, -0.25) is 4.79 Å². The zero-order valence-corrected chi connectivity index (χ0v) is 8.01. The second-order valence-electron chi connectivity index (χ2n) is 2.76. The van der Waals surface area contributed by atoms with Crippen LogP contribution >= 0.6 is 11.6 Å². The van der Waals surface area contributed by atoms with E-state index in [-0.39, 0.29) is 5.78 Å². The molecule has 3 heteroatoms. The molecule has 0 atom stereocenters. The van der Waals surface area contributed by atoms with E-state index < -0.39 is 0 Å². The van der Waals surface area contributed by atoms with E-state index in [0.717, 1.165) is 0 Å². The summed E-state index contributed by atoms with van der Waals surface area (Å²) in [6.45, 7) is 1.67. The second kappa shape index (κ2) is 4.10. The number of carbonyl (C=O) groups excluding carboxylic acids is 1. The van der Waals surface area contributed by atoms with Crippen molar-refractivity contribution in [3.05, 3.63) is 46.6 Å². The highest BCUT2D eigenvalue weighted by atomic mass is 35.5. The number of halogens is 1. The summed E-state index contributed by atoms with van der Waals surface area (Å²) in [5, 5.41) is 0.616. The van der Waals surface area contributed by atoms with Crippen LogP contribution in [0.1, 0.15) is 17.3 Å². The number of carbonyl (C=O) groups is 1. The monoisotopic (exact) mass is 195 g/mol. The van der Waals surface area contributed by atoms with Gasteiger partial charge in [0.2, 0.25) is 0 Å². The van der Waals surface area contributed by atoms with Gasteiger partial charge in [-0.2, -0.15) is 0 Å². The van der Waals surface area contributed by atoms with Crippen molar-refractivity contribution in [3.63, 3.8) is 0 Å². The Labute approximate surface area is 82.0 Å². The molecule has 13 heavy (non-hydrogen) atoms. The van der Waals surface area contributed by atoms with Gasteiger partial charge in [-0.1, -0.05) is 11.6 Å². The first-order valence-electron chi connectivity index (χ1n) is 3.83. The third-order valence-electron chi connectivity index (χ3n) is 1.49. The Balaban J connectivity index is 2.90. The van der Waals surface area contributed by atoms with E-state index in [0.29, 0.717) is 16.3 Å². The number of allylic oxidation sites excluding steroid dienone is 2. The molecule has 0 aromatic heterocycles.